The SMILES string of the molecule is COc1ccc(Nc2c(-c3ccoc3)nc3cnccn23)cc1. The summed E-state index contributed by atoms with van der Waals surface area (Å²) in [5.74, 6) is 1.67. The molecule has 0 aliphatic carbocycles. The molecule has 3 aromatic heterocycles. The first-order valence-corrected chi connectivity index (χ1v) is 7.11. The molecule has 114 valence electrons. The van der Waals surface area contributed by atoms with Crippen molar-refractivity contribution in [3.8, 4) is 17.0 Å². The van der Waals surface area contributed by atoms with Crippen molar-refractivity contribution in [2.75, 3.05) is 12.4 Å². The van der Waals surface area contributed by atoms with Gasteiger partial charge in [-0.1, -0.05) is 0 Å². The summed E-state index contributed by atoms with van der Waals surface area (Å²) in [6.07, 6.45) is 8.64. The van der Waals surface area contributed by atoms with Crippen LogP contribution in [0.4, 0.5) is 11.5 Å². The highest BCUT2D eigenvalue weighted by Gasteiger charge is 2.15. The Morgan fingerprint density at radius 2 is 2.04 bits per heavy atom. The Balaban J connectivity index is 1.82. The lowest BCUT2D eigenvalue weighted by Gasteiger charge is -2.08. The van der Waals surface area contributed by atoms with Gasteiger partial charge in [0, 0.05) is 23.6 Å². The van der Waals surface area contributed by atoms with Gasteiger partial charge in [-0.05, 0) is 30.3 Å². The maximum atomic E-state index is 5.19. The summed E-state index contributed by atoms with van der Waals surface area (Å²) in [5.41, 5.74) is 3.42. The zero-order chi connectivity index (χ0) is 15.6. The van der Waals surface area contributed by atoms with Gasteiger partial charge in [-0.25, -0.2) is 4.98 Å². The van der Waals surface area contributed by atoms with Crippen LogP contribution in [0, 0.1) is 0 Å². The van der Waals surface area contributed by atoms with E-state index in [1.807, 2.05) is 40.9 Å². The Bertz CT molecular complexity index is 927. The number of hydrogen-bond donors (Lipinski definition) is 1. The predicted molar refractivity (Wildman–Crippen MR) is 87.0 cm³/mol. The topological polar surface area (TPSA) is 64.6 Å². The molecule has 0 amide bonds. The molecule has 4 aromatic rings. The van der Waals surface area contributed by atoms with E-state index in [1.165, 1.54) is 0 Å². The number of rotatable bonds is 4. The van der Waals surface area contributed by atoms with E-state index in [9.17, 15) is 0 Å². The number of nitrogens with zero attached hydrogens (tertiary/aromatic N) is 3. The van der Waals surface area contributed by atoms with Crippen molar-refractivity contribution in [1.29, 1.82) is 0 Å². The van der Waals surface area contributed by atoms with Crippen LogP contribution in [-0.4, -0.2) is 21.5 Å². The highest BCUT2D eigenvalue weighted by atomic mass is 16.5. The minimum absolute atomic E-state index is 0.764. The van der Waals surface area contributed by atoms with Crippen LogP contribution in [0.5, 0.6) is 5.75 Å². The fraction of sp³-hybridized carbons (Fsp3) is 0.0588. The molecule has 4 rings (SSSR count). The minimum Gasteiger partial charge on any atom is -0.497 e. The van der Waals surface area contributed by atoms with Gasteiger partial charge >= 0.3 is 0 Å². The number of benzene rings is 1. The average Bonchev–Trinajstić information content (AvgIpc) is 3.24. The van der Waals surface area contributed by atoms with E-state index in [2.05, 4.69) is 15.3 Å². The molecule has 0 fully saturated rings. The molecule has 0 saturated heterocycles. The fourth-order valence-corrected chi connectivity index (χ4v) is 2.44. The molecule has 0 aliphatic rings. The third-order valence-electron chi connectivity index (χ3n) is 3.58. The lowest BCUT2D eigenvalue weighted by molar-refractivity contribution is 0.415. The molecule has 0 atom stereocenters. The van der Waals surface area contributed by atoms with Crippen molar-refractivity contribution in [2.24, 2.45) is 0 Å². The summed E-state index contributed by atoms with van der Waals surface area (Å²) < 4.78 is 12.3. The molecule has 0 unspecified atom stereocenters. The highest BCUT2D eigenvalue weighted by Crippen LogP contribution is 2.31. The first-order chi connectivity index (χ1) is 11.3. The van der Waals surface area contributed by atoms with Crippen molar-refractivity contribution in [1.82, 2.24) is 14.4 Å². The predicted octanol–water partition coefficient (Wildman–Crippen LogP) is 3.74. The van der Waals surface area contributed by atoms with Crippen molar-refractivity contribution >= 4 is 17.2 Å². The first-order valence-electron chi connectivity index (χ1n) is 7.11. The van der Waals surface area contributed by atoms with Crippen LogP contribution >= 0.6 is 0 Å². The van der Waals surface area contributed by atoms with Gasteiger partial charge in [-0.3, -0.25) is 9.38 Å². The van der Waals surface area contributed by atoms with Gasteiger partial charge in [0.25, 0.3) is 0 Å². The smallest absolute Gasteiger partial charge is 0.157 e. The van der Waals surface area contributed by atoms with Gasteiger partial charge in [0.15, 0.2) is 5.65 Å². The molecule has 1 aromatic carbocycles. The zero-order valence-corrected chi connectivity index (χ0v) is 12.4. The number of methoxy groups -OCH3 is 1. The van der Waals surface area contributed by atoms with Crippen molar-refractivity contribution in [2.45, 2.75) is 0 Å². The highest BCUT2D eigenvalue weighted by molar-refractivity contribution is 5.79. The van der Waals surface area contributed by atoms with Crippen LogP contribution in [0.1, 0.15) is 0 Å². The van der Waals surface area contributed by atoms with Crippen LogP contribution in [0.2, 0.25) is 0 Å². The minimum atomic E-state index is 0.764. The summed E-state index contributed by atoms with van der Waals surface area (Å²) >= 11 is 0. The Labute approximate surface area is 132 Å². The Morgan fingerprint density at radius 3 is 2.78 bits per heavy atom. The molecule has 0 bridgehead atoms. The van der Waals surface area contributed by atoms with E-state index in [4.69, 9.17) is 9.15 Å². The monoisotopic (exact) mass is 306 g/mol. The lowest BCUT2D eigenvalue weighted by Crippen LogP contribution is -1.97. The number of imidazole rings is 1. The second-order valence-corrected chi connectivity index (χ2v) is 4.98. The molecule has 1 N–H and O–H groups in total. The Morgan fingerprint density at radius 1 is 1.17 bits per heavy atom. The van der Waals surface area contributed by atoms with E-state index in [-0.39, 0.29) is 0 Å². The van der Waals surface area contributed by atoms with Gasteiger partial charge in [-0.15, -0.1) is 0 Å². The fourth-order valence-electron chi connectivity index (χ4n) is 2.44. The maximum Gasteiger partial charge on any atom is 0.157 e. The first kappa shape index (κ1) is 13.4. The van der Waals surface area contributed by atoms with Crippen molar-refractivity contribution in [3.63, 3.8) is 0 Å². The van der Waals surface area contributed by atoms with E-state index >= 15 is 0 Å². The molecule has 23 heavy (non-hydrogen) atoms. The Kier molecular flexibility index (Phi) is 3.20. The van der Waals surface area contributed by atoms with Gasteiger partial charge < -0.3 is 14.5 Å². The molecule has 0 aliphatic heterocycles. The van der Waals surface area contributed by atoms with Crippen LogP contribution < -0.4 is 10.1 Å². The van der Waals surface area contributed by atoms with Crippen LogP contribution in [0.3, 0.4) is 0 Å². The van der Waals surface area contributed by atoms with E-state index in [1.54, 1.807) is 32.0 Å². The molecule has 3 heterocycles. The zero-order valence-electron chi connectivity index (χ0n) is 12.4. The van der Waals surface area contributed by atoms with Crippen molar-refractivity contribution < 1.29 is 9.15 Å². The van der Waals surface area contributed by atoms with Gasteiger partial charge in [0.1, 0.15) is 17.3 Å². The quantitative estimate of drug-likeness (QED) is 0.622. The molecule has 0 spiro atoms. The average molecular weight is 306 g/mol. The van der Waals surface area contributed by atoms with E-state index < -0.39 is 0 Å². The number of nitrogens with one attached hydrogen (secondary N) is 1. The van der Waals surface area contributed by atoms with Crippen LogP contribution in [0.15, 0.2) is 65.9 Å². The largest absolute Gasteiger partial charge is 0.497 e. The molecule has 6 heteroatoms. The lowest BCUT2D eigenvalue weighted by atomic mass is 10.2. The number of furan rings is 1. The molecule has 0 radical (unpaired) electrons. The van der Waals surface area contributed by atoms with Gasteiger partial charge in [0.05, 0.1) is 25.8 Å². The molecular formula is C17H14N4O2. The third-order valence-corrected chi connectivity index (χ3v) is 3.58. The molecule has 6 nitrogen and oxygen atoms in total. The number of fused-ring (bicyclic) bond motifs is 1. The van der Waals surface area contributed by atoms with Crippen LogP contribution in [-0.2, 0) is 0 Å². The normalized spacial score (nSPS) is 10.8. The second kappa shape index (κ2) is 5.49. The number of hydrogen-bond acceptors (Lipinski definition) is 5. The van der Waals surface area contributed by atoms with Gasteiger partial charge in [-0.2, -0.15) is 0 Å². The third kappa shape index (κ3) is 2.40. The molecule has 0 saturated carbocycles. The maximum absolute atomic E-state index is 5.19. The summed E-state index contributed by atoms with van der Waals surface area (Å²) in [6.45, 7) is 0. The Hall–Kier alpha value is -3.28. The standard InChI is InChI=1S/C17H14N4O2/c1-22-14-4-2-13(3-5-14)19-17-16(12-6-9-23-11-12)20-15-10-18-7-8-21(15)17/h2-11,19H,1H3. The number of aromatic nitrogens is 3. The second-order valence-electron chi connectivity index (χ2n) is 4.98. The van der Waals surface area contributed by atoms with E-state index in [0.29, 0.717) is 0 Å². The number of anilines is 2. The summed E-state index contributed by atoms with van der Waals surface area (Å²) in [6, 6.07) is 9.61. The van der Waals surface area contributed by atoms with Crippen molar-refractivity contribution in [3.05, 3.63) is 61.4 Å². The summed E-state index contributed by atoms with van der Waals surface area (Å²) in [4.78, 5) is 8.77. The summed E-state index contributed by atoms with van der Waals surface area (Å²) in [5, 5.41) is 3.41. The van der Waals surface area contributed by atoms with E-state index in [0.717, 1.165) is 34.2 Å². The van der Waals surface area contributed by atoms with Gasteiger partial charge in [0.2, 0.25) is 0 Å². The number of ether oxygens (including phenoxy) is 1. The molecular weight excluding hydrogens is 292 g/mol. The summed E-state index contributed by atoms with van der Waals surface area (Å²) in [7, 11) is 1.65. The van der Waals surface area contributed by atoms with Crippen LogP contribution in [0.25, 0.3) is 16.9 Å².